The minimum Gasteiger partial charge on any atom is -0.497 e. The highest BCUT2D eigenvalue weighted by atomic mass is 16.5. The summed E-state index contributed by atoms with van der Waals surface area (Å²) in [6.45, 7) is 2.45. The normalized spacial score (nSPS) is 10.5. The average molecular weight is 310 g/mol. The first kappa shape index (κ1) is 15.0. The second-order valence-corrected chi connectivity index (χ2v) is 5.02. The maximum Gasteiger partial charge on any atom is 0.272 e. The molecule has 5 heteroatoms. The highest BCUT2D eigenvalue weighted by molar-refractivity contribution is 6.06. The molecular weight excluding hydrogens is 292 g/mol. The van der Waals surface area contributed by atoms with Crippen LogP contribution in [0.4, 0.5) is 5.69 Å². The third-order valence-electron chi connectivity index (χ3n) is 3.51. The molecule has 0 unspecified atom stereocenters. The summed E-state index contributed by atoms with van der Waals surface area (Å²) >= 11 is 0. The van der Waals surface area contributed by atoms with Crippen LogP contribution in [0.15, 0.2) is 48.5 Å². The number of nitrogens with one attached hydrogen (secondary N) is 2. The number of para-hydroxylation sites is 2. The molecule has 0 aliphatic carbocycles. The molecule has 0 atom stereocenters. The van der Waals surface area contributed by atoms with E-state index < -0.39 is 0 Å². The number of hydrogen-bond donors (Lipinski definition) is 2. The van der Waals surface area contributed by atoms with Crippen LogP contribution in [0.1, 0.15) is 17.4 Å². The van der Waals surface area contributed by atoms with Crippen LogP contribution in [0.5, 0.6) is 11.5 Å². The molecule has 1 amide bonds. The lowest BCUT2D eigenvalue weighted by atomic mass is 10.2. The molecule has 1 heterocycles. The van der Waals surface area contributed by atoms with Crippen molar-refractivity contribution < 1.29 is 14.3 Å². The van der Waals surface area contributed by atoms with E-state index in [0.717, 1.165) is 16.7 Å². The minimum atomic E-state index is -0.215. The van der Waals surface area contributed by atoms with E-state index in [4.69, 9.17) is 9.47 Å². The van der Waals surface area contributed by atoms with Crippen LogP contribution in [0.3, 0.4) is 0 Å². The van der Waals surface area contributed by atoms with Gasteiger partial charge in [-0.25, -0.2) is 0 Å². The molecule has 5 nitrogen and oxygen atoms in total. The number of H-pyrrole nitrogens is 1. The van der Waals surface area contributed by atoms with E-state index in [9.17, 15) is 4.79 Å². The van der Waals surface area contributed by atoms with Crippen LogP contribution in [0, 0.1) is 0 Å². The zero-order valence-corrected chi connectivity index (χ0v) is 13.1. The molecule has 0 aliphatic rings. The average Bonchev–Trinajstić information content (AvgIpc) is 3.00. The molecule has 0 bridgehead atoms. The fraction of sp³-hybridized carbons (Fsp3) is 0.167. The summed E-state index contributed by atoms with van der Waals surface area (Å²) in [4.78, 5) is 15.6. The van der Waals surface area contributed by atoms with E-state index >= 15 is 0 Å². The summed E-state index contributed by atoms with van der Waals surface area (Å²) in [6, 6.07) is 14.8. The van der Waals surface area contributed by atoms with Crippen LogP contribution in [0.25, 0.3) is 10.9 Å². The monoisotopic (exact) mass is 310 g/mol. The molecule has 2 aromatic carbocycles. The van der Waals surface area contributed by atoms with Gasteiger partial charge in [-0.1, -0.05) is 12.1 Å². The Morgan fingerprint density at radius 2 is 2.00 bits per heavy atom. The topological polar surface area (TPSA) is 63.4 Å². The minimum absolute atomic E-state index is 0.215. The third kappa shape index (κ3) is 3.13. The van der Waals surface area contributed by atoms with Gasteiger partial charge in [0.1, 0.15) is 17.2 Å². The van der Waals surface area contributed by atoms with Gasteiger partial charge in [0.05, 0.1) is 19.4 Å². The van der Waals surface area contributed by atoms with Crippen LogP contribution < -0.4 is 14.8 Å². The van der Waals surface area contributed by atoms with Crippen molar-refractivity contribution in [3.63, 3.8) is 0 Å². The van der Waals surface area contributed by atoms with Crippen molar-refractivity contribution in [1.29, 1.82) is 0 Å². The number of benzene rings is 2. The lowest BCUT2D eigenvalue weighted by molar-refractivity contribution is 0.102. The Morgan fingerprint density at radius 1 is 1.17 bits per heavy atom. The van der Waals surface area contributed by atoms with Gasteiger partial charge in [0.2, 0.25) is 0 Å². The van der Waals surface area contributed by atoms with E-state index in [-0.39, 0.29) is 5.91 Å². The van der Waals surface area contributed by atoms with Crippen molar-refractivity contribution in [2.45, 2.75) is 6.92 Å². The number of rotatable bonds is 5. The van der Waals surface area contributed by atoms with E-state index in [2.05, 4.69) is 10.3 Å². The number of hydrogen-bond acceptors (Lipinski definition) is 3. The first-order valence-electron chi connectivity index (χ1n) is 7.41. The van der Waals surface area contributed by atoms with E-state index in [1.807, 2.05) is 49.4 Å². The second kappa shape index (κ2) is 6.44. The van der Waals surface area contributed by atoms with E-state index in [0.29, 0.717) is 23.7 Å². The van der Waals surface area contributed by atoms with Crippen molar-refractivity contribution in [3.05, 3.63) is 54.2 Å². The molecule has 1 aromatic heterocycles. The largest absolute Gasteiger partial charge is 0.497 e. The number of anilines is 1. The first-order valence-corrected chi connectivity index (χ1v) is 7.41. The predicted molar refractivity (Wildman–Crippen MR) is 90.4 cm³/mol. The molecule has 3 rings (SSSR count). The molecule has 0 fully saturated rings. The van der Waals surface area contributed by atoms with Crippen LogP contribution in [-0.2, 0) is 0 Å². The van der Waals surface area contributed by atoms with Crippen molar-refractivity contribution in [2.75, 3.05) is 19.0 Å². The number of aromatic amines is 1. The Morgan fingerprint density at radius 3 is 2.78 bits per heavy atom. The highest BCUT2D eigenvalue weighted by Crippen LogP contribution is 2.25. The fourth-order valence-electron chi connectivity index (χ4n) is 2.40. The van der Waals surface area contributed by atoms with Crippen LogP contribution >= 0.6 is 0 Å². The van der Waals surface area contributed by atoms with Gasteiger partial charge < -0.3 is 19.8 Å². The zero-order chi connectivity index (χ0) is 16.2. The molecule has 3 aromatic rings. The molecule has 0 saturated heterocycles. The maximum absolute atomic E-state index is 12.5. The van der Waals surface area contributed by atoms with Crippen molar-refractivity contribution in [2.24, 2.45) is 0 Å². The van der Waals surface area contributed by atoms with Crippen LogP contribution in [-0.4, -0.2) is 24.6 Å². The number of carbonyl (C=O) groups excluding carboxylic acids is 1. The summed E-state index contributed by atoms with van der Waals surface area (Å²) in [5, 5.41) is 3.80. The Balaban J connectivity index is 1.86. The number of ether oxygens (including phenoxy) is 2. The number of methoxy groups -OCH3 is 1. The maximum atomic E-state index is 12.5. The van der Waals surface area contributed by atoms with Crippen molar-refractivity contribution in [1.82, 2.24) is 4.98 Å². The van der Waals surface area contributed by atoms with Crippen molar-refractivity contribution in [3.8, 4) is 11.5 Å². The Hall–Kier alpha value is -2.95. The van der Waals surface area contributed by atoms with Gasteiger partial charge in [-0.15, -0.1) is 0 Å². The zero-order valence-electron chi connectivity index (χ0n) is 13.1. The SMILES string of the molecule is CCOc1ccccc1NC(=O)c1cc2cc(OC)ccc2[nH]1. The number of aromatic nitrogens is 1. The number of amides is 1. The lowest BCUT2D eigenvalue weighted by Gasteiger charge is -2.10. The molecule has 0 radical (unpaired) electrons. The predicted octanol–water partition coefficient (Wildman–Crippen LogP) is 3.83. The summed E-state index contributed by atoms with van der Waals surface area (Å²) < 4.78 is 10.7. The molecule has 0 aliphatic heterocycles. The van der Waals surface area contributed by atoms with E-state index in [1.54, 1.807) is 13.2 Å². The molecule has 0 saturated carbocycles. The molecule has 23 heavy (non-hydrogen) atoms. The van der Waals surface area contributed by atoms with Gasteiger partial charge in [0.25, 0.3) is 5.91 Å². The van der Waals surface area contributed by atoms with Gasteiger partial charge in [-0.3, -0.25) is 4.79 Å². The second-order valence-electron chi connectivity index (χ2n) is 5.02. The smallest absolute Gasteiger partial charge is 0.272 e. The van der Waals surface area contributed by atoms with E-state index in [1.165, 1.54) is 0 Å². The van der Waals surface area contributed by atoms with Gasteiger partial charge in [-0.05, 0) is 43.3 Å². The Labute approximate surface area is 134 Å². The van der Waals surface area contributed by atoms with Gasteiger partial charge in [-0.2, -0.15) is 0 Å². The van der Waals surface area contributed by atoms with Gasteiger partial charge in [0, 0.05) is 10.9 Å². The quantitative estimate of drug-likeness (QED) is 0.753. The number of fused-ring (bicyclic) bond motifs is 1. The standard InChI is InChI=1S/C18H18N2O3/c1-3-23-17-7-5-4-6-15(17)20-18(21)16-11-12-10-13(22-2)8-9-14(12)19-16/h4-11,19H,3H2,1-2H3,(H,20,21). The van der Waals surface area contributed by atoms with Gasteiger partial charge in [0.15, 0.2) is 0 Å². The first-order chi connectivity index (χ1) is 11.2. The van der Waals surface area contributed by atoms with Crippen LogP contribution in [0.2, 0.25) is 0 Å². The van der Waals surface area contributed by atoms with Crippen molar-refractivity contribution >= 4 is 22.5 Å². The number of carbonyl (C=O) groups is 1. The molecule has 0 spiro atoms. The third-order valence-corrected chi connectivity index (χ3v) is 3.51. The molecule has 2 N–H and O–H groups in total. The summed E-state index contributed by atoms with van der Waals surface area (Å²) in [5.41, 5.74) is 2.02. The fourth-order valence-corrected chi connectivity index (χ4v) is 2.40. The summed E-state index contributed by atoms with van der Waals surface area (Å²) in [7, 11) is 1.62. The molecule has 118 valence electrons. The highest BCUT2D eigenvalue weighted by Gasteiger charge is 2.12. The summed E-state index contributed by atoms with van der Waals surface area (Å²) in [5.74, 6) is 1.19. The Kier molecular flexibility index (Phi) is 4.19. The van der Waals surface area contributed by atoms with Gasteiger partial charge >= 0.3 is 0 Å². The molecular formula is C18H18N2O3. The lowest BCUT2D eigenvalue weighted by Crippen LogP contribution is -2.13. The summed E-state index contributed by atoms with van der Waals surface area (Å²) in [6.07, 6.45) is 0. The Bertz CT molecular complexity index is 839.